The van der Waals surface area contributed by atoms with Crippen LogP contribution in [0.2, 0.25) is 0 Å². The Labute approximate surface area is 173 Å². The Morgan fingerprint density at radius 3 is 2.69 bits per heavy atom. The third kappa shape index (κ3) is 6.03. The zero-order valence-electron chi connectivity index (χ0n) is 16.0. The molecule has 8 nitrogen and oxygen atoms in total. The van der Waals surface area contributed by atoms with Crippen molar-refractivity contribution in [2.24, 2.45) is 5.10 Å². The molecule has 2 aromatic rings. The molecule has 2 aromatic carbocycles. The van der Waals surface area contributed by atoms with E-state index >= 15 is 0 Å². The lowest BCUT2D eigenvalue weighted by molar-refractivity contribution is -0.384. The Balaban J connectivity index is 1.64. The predicted octanol–water partition coefficient (Wildman–Crippen LogP) is 2.98. The van der Waals surface area contributed by atoms with Gasteiger partial charge >= 0.3 is 0 Å². The van der Waals surface area contributed by atoms with Crippen molar-refractivity contribution in [3.63, 3.8) is 0 Å². The summed E-state index contributed by atoms with van der Waals surface area (Å²) < 4.78 is 5.36. The monoisotopic (exact) mass is 414 g/mol. The van der Waals surface area contributed by atoms with Gasteiger partial charge in [-0.1, -0.05) is 17.7 Å². The maximum absolute atomic E-state index is 12.1. The first-order valence-corrected chi connectivity index (χ1v) is 10.1. The zero-order valence-corrected chi connectivity index (χ0v) is 16.9. The number of amides is 1. The zero-order chi connectivity index (χ0) is 20.6. The van der Waals surface area contributed by atoms with Crippen molar-refractivity contribution >= 4 is 35.3 Å². The molecule has 1 aliphatic heterocycles. The van der Waals surface area contributed by atoms with Gasteiger partial charge in [0, 0.05) is 41.4 Å². The van der Waals surface area contributed by atoms with Crippen molar-refractivity contribution in [1.82, 2.24) is 5.43 Å². The van der Waals surface area contributed by atoms with Crippen LogP contribution < -0.4 is 10.3 Å². The van der Waals surface area contributed by atoms with Crippen LogP contribution in [0.4, 0.5) is 11.4 Å². The van der Waals surface area contributed by atoms with Crippen LogP contribution in [-0.4, -0.2) is 49.1 Å². The molecule has 0 spiro atoms. The molecule has 1 N–H and O–H groups in total. The number of thioether (sulfide) groups is 1. The highest BCUT2D eigenvalue weighted by Gasteiger charge is 2.17. The fourth-order valence-corrected chi connectivity index (χ4v) is 3.53. The van der Waals surface area contributed by atoms with Crippen molar-refractivity contribution in [3.05, 3.63) is 63.7 Å². The second-order valence-corrected chi connectivity index (χ2v) is 7.54. The molecule has 0 saturated carbocycles. The predicted molar refractivity (Wildman–Crippen MR) is 114 cm³/mol. The molecule has 1 amide bonds. The number of morpholine rings is 1. The van der Waals surface area contributed by atoms with Gasteiger partial charge in [0.1, 0.15) is 0 Å². The Hall–Kier alpha value is -2.91. The first-order valence-electron chi connectivity index (χ1n) is 9.15. The number of nitro benzene ring substituents is 1. The number of carbonyl (C=O) groups excluding carboxylic acids is 1. The van der Waals surface area contributed by atoms with Gasteiger partial charge in [0.15, 0.2) is 0 Å². The molecule has 152 valence electrons. The number of ether oxygens (including phenoxy) is 1. The Kier molecular flexibility index (Phi) is 7.20. The Bertz CT molecular complexity index is 896. The van der Waals surface area contributed by atoms with Crippen LogP contribution in [0.25, 0.3) is 0 Å². The largest absolute Gasteiger partial charge is 0.378 e. The van der Waals surface area contributed by atoms with E-state index in [1.807, 2.05) is 31.2 Å². The average molecular weight is 414 g/mol. The van der Waals surface area contributed by atoms with E-state index in [1.165, 1.54) is 30.1 Å². The van der Waals surface area contributed by atoms with E-state index in [1.54, 1.807) is 6.07 Å². The van der Waals surface area contributed by atoms with Gasteiger partial charge in [-0.2, -0.15) is 5.10 Å². The highest BCUT2D eigenvalue weighted by Crippen LogP contribution is 2.25. The topological polar surface area (TPSA) is 97.1 Å². The first-order chi connectivity index (χ1) is 14.0. The molecule has 0 radical (unpaired) electrons. The van der Waals surface area contributed by atoms with Crippen molar-refractivity contribution in [3.8, 4) is 0 Å². The number of aryl methyl sites for hydroxylation is 1. The molecule has 29 heavy (non-hydrogen) atoms. The molecule has 1 aliphatic rings. The van der Waals surface area contributed by atoms with Gasteiger partial charge in [0.25, 0.3) is 5.69 Å². The van der Waals surface area contributed by atoms with Crippen molar-refractivity contribution < 1.29 is 14.5 Å². The average Bonchev–Trinajstić information content (AvgIpc) is 2.74. The van der Waals surface area contributed by atoms with Gasteiger partial charge in [-0.25, -0.2) is 5.43 Å². The van der Waals surface area contributed by atoms with Crippen LogP contribution in [0.3, 0.4) is 0 Å². The summed E-state index contributed by atoms with van der Waals surface area (Å²) in [6.45, 7) is 4.59. The number of hydrazone groups is 1. The van der Waals surface area contributed by atoms with Gasteiger partial charge in [0.05, 0.1) is 30.1 Å². The molecule has 1 fully saturated rings. The Morgan fingerprint density at radius 2 is 2.00 bits per heavy atom. The number of rotatable bonds is 7. The van der Waals surface area contributed by atoms with Gasteiger partial charge in [-0.3, -0.25) is 14.9 Å². The molecule has 9 heteroatoms. The third-order valence-electron chi connectivity index (χ3n) is 4.36. The summed E-state index contributed by atoms with van der Waals surface area (Å²) in [7, 11) is 0. The second-order valence-electron chi connectivity index (χ2n) is 6.49. The van der Waals surface area contributed by atoms with Gasteiger partial charge in [0.2, 0.25) is 5.91 Å². The standard InChI is InChI=1S/C20H22N4O4S/c1-15-2-5-18(6-3-15)29-14-20(25)22-21-13-16-12-17(24(26)27)4-7-19(16)23-8-10-28-11-9-23/h2-7,12-13H,8-11,14H2,1H3,(H,22,25)/b21-13+. The summed E-state index contributed by atoms with van der Waals surface area (Å²) in [6.07, 6.45) is 1.45. The second kappa shape index (κ2) is 10.0. The number of carbonyl (C=O) groups is 1. The fraction of sp³-hybridized carbons (Fsp3) is 0.300. The summed E-state index contributed by atoms with van der Waals surface area (Å²) in [5.74, 6) is -0.0174. The van der Waals surface area contributed by atoms with E-state index in [9.17, 15) is 14.9 Å². The fourth-order valence-electron chi connectivity index (χ4n) is 2.84. The van der Waals surface area contributed by atoms with Gasteiger partial charge < -0.3 is 9.64 Å². The molecule has 0 bridgehead atoms. The van der Waals surface area contributed by atoms with Crippen LogP contribution in [-0.2, 0) is 9.53 Å². The molecule has 1 heterocycles. The van der Waals surface area contributed by atoms with E-state index < -0.39 is 4.92 Å². The van der Waals surface area contributed by atoms with Crippen LogP contribution in [0.1, 0.15) is 11.1 Å². The molecule has 0 unspecified atom stereocenters. The molecular weight excluding hydrogens is 392 g/mol. The number of nitrogens with one attached hydrogen (secondary N) is 1. The van der Waals surface area contributed by atoms with Crippen molar-refractivity contribution in [2.75, 3.05) is 37.0 Å². The van der Waals surface area contributed by atoms with Crippen LogP contribution in [0.5, 0.6) is 0 Å². The van der Waals surface area contributed by atoms with Crippen LogP contribution >= 0.6 is 11.8 Å². The molecule has 0 atom stereocenters. The lowest BCUT2D eigenvalue weighted by Gasteiger charge is -2.29. The number of nitrogens with zero attached hydrogens (tertiary/aromatic N) is 3. The number of benzene rings is 2. The lowest BCUT2D eigenvalue weighted by Crippen LogP contribution is -2.36. The van der Waals surface area contributed by atoms with E-state index in [2.05, 4.69) is 15.4 Å². The van der Waals surface area contributed by atoms with E-state index in [-0.39, 0.29) is 17.3 Å². The summed E-state index contributed by atoms with van der Waals surface area (Å²) in [6, 6.07) is 12.6. The highest BCUT2D eigenvalue weighted by atomic mass is 32.2. The van der Waals surface area contributed by atoms with E-state index in [4.69, 9.17) is 4.74 Å². The first kappa shape index (κ1) is 20.8. The minimum atomic E-state index is -0.447. The van der Waals surface area contributed by atoms with Gasteiger partial charge in [-0.15, -0.1) is 11.8 Å². The minimum absolute atomic E-state index is 0.0234. The molecule has 1 saturated heterocycles. The number of nitro groups is 1. The minimum Gasteiger partial charge on any atom is -0.378 e. The van der Waals surface area contributed by atoms with Crippen LogP contribution in [0.15, 0.2) is 52.5 Å². The quantitative estimate of drug-likeness (QED) is 0.324. The van der Waals surface area contributed by atoms with E-state index in [0.29, 0.717) is 31.9 Å². The SMILES string of the molecule is Cc1ccc(SCC(=O)N/N=C/c2cc([N+](=O)[O-])ccc2N2CCOCC2)cc1. The van der Waals surface area contributed by atoms with Gasteiger partial charge in [-0.05, 0) is 25.1 Å². The number of non-ortho nitro benzene ring substituents is 1. The van der Waals surface area contributed by atoms with Crippen LogP contribution in [0, 0.1) is 17.0 Å². The molecular formula is C20H22N4O4S. The summed E-state index contributed by atoms with van der Waals surface area (Å²) in [5, 5.41) is 15.1. The lowest BCUT2D eigenvalue weighted by atomic mass is 10.1. The van der Waals surface area contributed by atoms with E-state index in [0.717, 1.165) is 16.1 Å². The molecule has 3 rings (SSSR count). The number of anilines is 1. The molecule has 0 aromatic heterocycles. The Morgan fingerprint density at radius 1 is 1.28 bits per heavy atom. The van der Waals surface area contributed by atoms with Crippen molar-refractivity contribution in [2.45, 2.75) is 11.8 Å². The summed E-state index contributed by atoms with van der Waals surface area (Å²) >= 11 is 1.42. The van der Waals surface area contributed by atoms with Crippen molar-refractivity contribution in [1.29, 1.82) is 0 Å². The highest BCUT2D eigenvalue weighted by molar-refractivity contribution is 8.00. The third-order valence-corrected chi connectivity index (χ3v) is 5.37. The number of hydrogen-bond donors (Lipinski definition) is 1. The summed E-state index contributed by atoms with van der Waals surface area (Å²) in [5.41, 5.74) is 5.03. The maximum Gasteiger partial charge on any atom is 0.270 e. The normalized spacial score (nSPS) is 14.2. The number of hydrogen-bond acceptors (Lipinski definition) is 7. The maximum atomic E-state index is 12.1. The summed E-state index contributed by atoms with van der Waals surface area (Å²) in [4.78, 5) is 25.8. The molecule has 0 aliphatic carbocycles. The smallest absolute Gasteiger partial charge is 0.270 e.